The van der Waals surface area contributed by atoms with Gasteiger partial charge < -0.3 is 10.1 Å². The second-order valence-corrected chi connectivity index (χ2v) is 5.15. The van der Waals surface area contributed by atoms with Gasteiger partial charge in [-0.3, -0.25) is 4.79 Å². The van der Waals surface area contributed by atoms with E-state index in [9.17, 15) is 4.79 Å². The molecule has 110 valence electrons. The first kappa shape index (κ1) is 15.3. The molecule has 3 rings (SSSR count). The first-order valence-corrected chi connectivity index (χ1v) is 7.02. The quantitative estimate of drug-likeness (QED) is 0.854. The topological polar surface area (TPSA) is 38.3 Å². The van der Waals surface area contributed by atoms with Crippen molar-refractivity contribution in [2.24, 2.45) is 0 Å². The van der Waals surface area contributed by atoms with Gasteiger partial charge in [0.05, 0.1) is 0 Å². The molecule has 0 saturated heterocycles. The second kappa shape index (κ2) is 7.04. The fourth-order valence-corrected chi connectivity index (χ4v) is 2.55. The zero-order chi connectivity index (χ0) is 15.2. The van der Waals surface area contributed by atoms with Crippen LogP contribution in [0.5, 0.6) is 0 Å². The molecule has 1 aliphatic rings. The number of rotatable bonds is 2. The third-order valence-corrected chi connectivity index (χ3v) is 3.49. The molecule has 0 bridgehead atoms. The van der Waals surface area contributed by atoms with Crippen molar-refractivity contribution in [3.8, 4) is 11.1 Å². The van der Waals surface area contributed by atoms with Crippen LogP contribution in [0.1, 0.15) is 21.5 Å². The highest BCUT2D eigenvalue weighted by Gasteiger charge is 2.13. The molecule has 0 fully saturated rings. The maximum absolute atomic E-state index is 10.7. The Morgan fingerprint density at radius 1 is 1.10 bits per heavy atom. The molecule has 2 aromatic rings. The van der Waals surface area contributed by atoms with E-state index < -0.39 is 0 Å². The van der Waals surface area contributed by atoms with E-state index in [0.717, 1.165) is 24.8 Å². The Morgan fingerprint density at radius 2 is 1.76 bits per heavy atom. The van der Waals surface area contributed by atoms with Gasteiger partial charge >= 0.3 is 0 Å². The van der Waals surface area contributed by atoms with E-state index >= 15 is 0 Å². The van der Waals surface area contributed by atoms with Crippen molar-refractivity contribution in [2.75, 3.05) is 26.1 Å². The van der Waals surface area contributed by atoms with Crippen LogP contribution in [0.2, 0.25) is 0 Å². The fourth-order valence-electron chi connectivity index (χ4n) is 2.55. The van der Waals surface area contributed by atoms with Gasteiger partial charge in [0.1, 0.15) is 6.29 Å². The van der Waals surface area contributed by atoms with Gasteiger partial charge in [0.2, 0.25) is 0 Å². The number of carbonyl (C=O) groups is 1. The maximum atomic E-state index is 10.7. The summed E-state index contributed by atoms with van der Waals surface area (Å²) in [6.45, 7) is 3.17. The number of nitrogens with one attached hydrogen (secondary N) is 1. The standard InChI is InChI=1S/C16H15NO.C2H6O/c1-11-8-15(9-14-6-7-17-16(11)14)13-4-2-12(10-18)3-5-13;1-3-2/h2-5,8-10,17H,6-7H2,1H3;1-2H3. The number of hydrogen-bond donors (Lipinski definition) is 1. The predicted molar refractivity (Wildman–Crippen MR) is 87.1 cm³/mol. The van der Waals surface area contributed by atoms with E-state index in [1.54, 1.807) is 14.2 Å². The number of hydrogen-bond acceptors (Lipinski definition) is 3. The third-order valence-electron chi connectivity index (χ3n) is 3.49. The number of methoxy groups -OCH3 is 1. The molecular formula is C18H21NO2. The van der Waals surface area contributed by atoms with Crippen molar-refractivity contribution < 1.29 is 9.53 Å². The van der Waals surface area contributed by atoms with Gasteiger partial charge in [0.15, 0.2) is 0 Å². The first-order chi connectivity index (χ1) is 10.2. The number of fused-ring (bicyclic) bond motifs is 1. The van der Waals surface area contributed by atoms with Gasteiger partial charge in [-0.1, -0.05) is 24.3 Å². The summed E-state index contributed by atoms with van der Waals surface area (Å²) in [5, 5.41) is 3.42. The lowest BCUT2D eigenvalue weighted by atomic mass is 9.98. The molecule has 0 unspecified atom stereocenters. The summed E-state index contributed by atoms with van der Waals surface area (Å²) in [5.74, 6) is 0. The monoisotopic (exact) mass is 283 g/mol. The average molecular weight is 283 g/mol. The Balaban J connectivity index is 0.000000497. The molecule has 3 heteroatoms. The summed E-state index contributed by atoms with van der Waals surface area (Å²) in [5.41, 5.74) is 7.09. The molecule has 0 aliphatic carbocycles. The van der Waals surface area contributed by atoms with Crippen LogP contribution < -0.4 is 5.32 Å². The van der Waals surface area contributed by atoms with Crippen LogP contribution in [-0.2, 0) is 11.2 Å². The molecule has 3 nitrogen and oxygen atoms in total. The summed E-state index contributed by atoms with van der Waals surface area (Å²) in [6, 6.07) is 12.2. The fraction of sp³-hybridized carbons (Fsp3) is 0.278. The molecule has 0 saturated carbocycles. The van der Waals surface area contributed by atoms with Crippen molar-refractivity contribution in [1.29, 1.82) is 0 Å². The molecule has 1 N–H and O–H groups in total. The summed E-state index contributed by atoms with van der Waals surface area (Å²) >= 11 is 0. The lowest BCUT2D eigenvalue weighted by Crippen LogP contribution is -1.93. The zero-order valence-electron chi connectivity index (χ0n) is 12.8. The largest absolute Gasteiger partial charge is 0.388 e. The molecule has 0 spiro atoms. The maximum Gasteiger partial charge on any atom is 0.150 e. The van der Waals surface area contributed by atoms with E-state index in [1.807, 2.05) is 24.3 Å². The Bertz CT molecular complexity index is 618. The van der Waals surface area contributed by atoms with Crippen LogP contribution in [0, 0.1) is 6.92 Å². The molecule has 1 heterocycles. The van der Waals surface area contributed by atoms with E-state index in [0.29, 0.717) is 0 Å². The normalized spacial score (nSPS) is 12.0. The highest BCUT2D eigenvalue weighted by molar-refractivity contribution is 5.78. The Hall–Kier alpha value is -2.13. The lowest BCUT2D eigenvalue weighted by molar-refractivity contribution is 0.112. The van der Waals surface area contributed by atoms with Gasteiger partial charge in [-0.15, -0.1) is 0 Å². The van der Waals surface area contributed by atoms with Crippen molar-refractivity contribution >= 4 is 12.0 Å². The number of benzene rings is 2. The van der Waals surface area contributed by atoms with Crippen LogP contribution in [-0.4, -0.2) is 27.1 Å². The molecule has 0 aromatic heterocycles. The highest BCUT2D eigenvalue weighted by atomic mass is 16.4. The van der Waals surface area contributed by atoms with Crippen molar-refractivity contribution in [3.63, 3.8) is 0 Å². The van der Waals surface area contributed by atoms with Crippen LogP contribution in [0.4, 0.5) is 5.69 Å². The Kier molecular flexibility index (Phi) is 5.12. The van der Waals surface area contributed by atoms with Gasteiger partial charge in [0, 0.05) is 32.0 Å². The average Bonchev–Trinajstić information content (AvgIpc) is 2.97. The van der Waals surface area contributed by atoms with Crippen molar-refractivity contribution in [2.45, 2.75) is 13.3 Å². The van der Waals surface area contributed by atoms with E-state index in [1.165, 1.54) is 27.9 Å². The Morgan fingerprint density at radius 3 is 2.38 bits per heavy atom. The lowest BCUT2D eigenvalue weighted by Gasteiger charge is -2.09. The SMILES string of the molecule is COC.Cc1cc(-c2ccc(C=O)cc2)cc2c1NCC2. The number of carbonyl (C=O) groups excluding carboxylic acids is 1. The van der Waals surface area contributed by atoms with E-state index in [-0.39, 0.29) is 0 Å². The third kappa shape index (κ3) is 3.50. The minimum Gasteiger partial charge on any atom is -0.388 e. The predicted octanol–water partition coefficient (Wildman–Crippen LogP) is 3.71. The first-order valence-electron chi connectivity index (χ1n) is 7.02. The molecule has 21 heavy (non-hydrogen) atoms. The number of aryl methyl sites for hydroxylation is 1. The van der Waals surface area contributed by atoms with Gasteiger partial charge in [-0.05, 0) is 47.7 Å². The number of ether oxygens (including phenoxy) is 1. The van der Waals surface area contributed by atoms with Crippen LogP contribution in [0.3, 0.4) is 0 Å². The van der Waals surface area contributed by atoms with E-state index in [2.05, 4.69) is 29.1 Å². The van der Waals surface area contributed by atoms with Crippen LogP contribution in [0.15, 0.2) is 36.4 Å². The number of aldehydes is 1. The molecule has 0 atom stereocenters. The molecule has 0 radical (unpaired) electrons. The zero-order valence-corrected chi connectivity index (χ0v) is 12.8. The molecule has 0 amide bonds. The smallest absolute Gasteiger partial charge is 0.150 e. The second-order valence-electron chi connectivity index (χ2n) is 5.15. The van der Waals surface area contributed by atoms with Gasteiger partial charge in [-0.2, -0.15) is 0 Å². The van der Waals surface area contributed by atoms with Gasteiger partial charge in [0.25, 0.3) is 0 Å². The highest BCUT2D eigenvalue weighted by Crippen LogP contribution is 2.32. The molecular weight excluding hydrogens is 262 g/mol. The minimum absolute atomic E-state index is 0.721. The van der Waals surface area contributed by atoms with Crippen LogP contribution in [0.25, 0.3) is 11.1 Å². The Labute approximate surface area is 126 Å². The summed E-state index contributed by atoms with van der Waals surface area (Å²) in [4.78, 5) is 10.7. The van der Waals surface area contributed by atoms with Gasteiger partial charge in [-0.25, -0.2) is 0 Å². The van der Waals surface area contributed by atoms with Crippen molar-refractivity contribution in [1.82, 2.24) is 0 Å². The summed E-state index contributed by atoms with van der Waals surface area (Å²) in [6.07, 6.45) is 1.97. The number of anilines is 1. The van der Waals surface area contributed by atoms with Crippen LogP contribution >= 0.6 is 0 Å². The van der Waals surface area contributed by atoms with Crippen molar-refractivity contribution in [3.05, 3.63) is 53.1 Å². The summed E-state index contributed by atoms with van der Waals surface area (Å²) < 4.78 is 4.25. The summed E-state index contributed by atoms with van der Waals surface area (Å²) in [7, 11) is 3.25. The van der Waals surface area contributed by atoms with E-state index in [4.69, 9.17) is 0 Å². The molecule has 1 aliphatic heterocycles. The molecule has 2 aromatic carbocycles. The minimum atomic E-state index is 0.721.